The molecule has 0 saturated heterocycles. The molecule has 0 aliphatic carbocycles. The Bertz CT molecular complexity index is 239. The highest BCUT2D eigenvalue weighted by Crippen LogP contribution is 2.05. The molecule has 0 fully saturated rings. The van der Waals surface area contributed by atoms with Crippen LogP contribution in [0.4, 0.5) is 0 Å². The van der Waals surface area contributed by atoms with Crippen molar-refractivity contribution in [2.24, 2.45) is 0 Å². The summed E-state index contributed by atoms with van der Waals surface area (Å²) in [7, 11) is 0. The van der Waals surface area contributed by atoms with E-state index in [1.165, 1.54) is 44.5 Å². The molecule has 84 valence electrons. The summed E-state index contributed by atoms with van der Waals surface area (Å²) in [5.41, 5.74) is 1.47. The molecule has 0 atom stereocenters. The normalized spacial score (nSPS) is 10.9. The van der Waals surface area contributed by atoms with Crippen LogP contribution in [0.25, 0.3) is 0 Å². The molecule has 0 bridgehead atoms. The van der Waals surface area contributed by atoms with E-state index in [-0.39, 0.29) is 0 Å². The molecule has 0 N–H and O–H groups in total. The smallest absolute Gasteiger partial charge is 0.00189 e. The zero-order chi connectivity index (χ0) is 10.9. The fraction of sp³-hybridized carbons (Fsp3) is 0.571. The highest BCUT2D eigenvalue weighted by molar-refractivity contribution is 5.14. The molecule has 1 heteroatoms. The van der Waals surface area contributed by atoms with Gasteiger partial charge in [0.1, 0.15) is 0 Å². The predicted molar refractivity (Wildman–Crippen MR) is 67.2 cm³/mol. The molecule has 0 unspecified atom stereocenters. The molecule has 0 radical (unpaired) electrons. The van der Waals surface area contributed by atoms with Gasteiger partial charge in [-0.25, -0.2) is 0 Å². The number of benzene rings is 1. The van der Waals surface area contributed by atoms with Gasteiger partial charge in [0, 0.05) is 0 Å². The molecule has 0 heterocycles. The van der Waals surface area contributed by atoms with Crippen molar-refractivity contribution >= 4 is 0 Å². The van der Waals surface area contributed by atoms with Crippen LogP contribution in [0.2, 0.25) is 0 Å². The van der Waals surface area contributed by atoms with E-state index in [9.17, 15) is 0 Å². The van der Waals surface area contributed by atoms with Gasteiger partial charge in [0.2, 0.25) is 0 Å². The Hall–Kier alpha value is -0.820. The minimum atomic E-state index is 1.18. The predicted octanol–water partition coefficient (Wildman–Crippen LogP) is 3.35. The summed E-state index contributed by atoms with van der Waals surface area (Å²) in [6, 6.07) is 10.8. The Labute approximate surface area is 94.1 Å². The SMILES string of the molecule is CCN(CC)CCCCc1ccccc1. The second-order valence-corrected chi connectivity index (χ2v) is 3.97. The fourth-order valence-corrected chi connectivity index (χ4v) is 1.85. The number of hydrogen-bond donors (Lipinski definition) is 0. The minimum Gasteiger partial charge on any atom is -0.304 e. The van der Waals surface area contributed by atoms with Crippen molar-refractivity contribution in [3.8, 4) is 0 Å². The quantitative estimate of drug-likeness (QED) is 0.617. The molecule has 0 saturated carbocycles. The van der Waals surface area contributed by atoms with Crippen LogP contribution < -0.4 is 0 Å². The molecule has 0 amide bonds. The van der Waals surface area contributed by atoms with Crippen molar-refractivity contribution in [1.82, 2.24) is 4.90 Å². The average molecular weight is 205 g/mol. The lowest BCUT2D eigenvalue weighted by Crippen LogP contribution is -2.23. The van der Waals surface area contributed by atoms with Crippen LogP contribution in [0.1, 0.15) is 32.3 Å². The third-order valence-corrected chi connectivity index (χ3v) is 2.93. The van der Waals surface area contributed by atoms with Gasteiger partial charge in [-0.3, -0.25) is 0 Å². The van der Waals surface area contributed by atoms with Crippen molar-refractivity contribution in [2.45, 2.75) is 33.1 Å². The van der Waals surface area contributed by atoms with Crippen LogP contribution in [0, 0.1) is 0 Å². The summed E-state index contributed by atoms with van der Waals surface area (Å²) in [6.07, 6.45) is 3.85. The van der Waals surface area contributed by atoms with E-state index < -0.39 is 0 Å². The van der Waals surface area contributed by atoms with Crippen LogP contribution in [0.5, 0.6) is 0 Å². The van der Waals surface area contributed by atoms with Gasteiger partial charge in [-0.05, 0) is 44.5 Å². The van der Waals surface area contributed by atoms with E-state index in [2.05, 4.69) is 49.1 Å². The minimum absolute atomic E-state index is 1.18. The Kier molecular flexibility index (Phi) is 6.10. The van der Waals surface area contributed by atoms with Gasteiger partial charge < -0.3 is 4.90 Å². The van der Waals surface area contributed by atoms with Crippen molar-refractivity contribution < 1.29 is 0 Å². The highest BCUT2D eigenvalue weighted by Gasteiger charge is 1.98. The second-order valence-electron chi connectivity index (χ2n) is 3.97. The monoisotopic (exact) mass is 205 g/mol. The molecule has 1 aromatic carbocycles. The molecule has 1 nitrogen and oxygen atoms in total. The van der Waals surface area contributed by atoms with Gasteiger partial charge >= 0.3 is 0 Å². The van der Waals surface area contributed by atoms with Gasteiger partial charge in [-0.2, -0.15) is 0 Å². The summed E-state index contributed by atoms with van der Waals surface area (Å²) >= 11 is 0. The first-order valence-electron chi connectivity index (χ1n) is 6.13. The Morgan fingerprint density at radius 1 is 0.933 bits per heavy atom. The maximum Gasteiger partial charge on any atom is -0.00189 e. The van der Waals surface area contributed by atoms with Crippen molar-refractivity contribution in [1.29, 1.82) is 0 Å². The third kappa shape index (κ3) is 4.98. The summed E-state index contributed by atoms with van der Waals surface area (Å²) in [6.45, 7) is 8.09. The Balaban J connectivity index is 2.12. The van der Waals surface area contributed by atoms with E-state index in [4.69, 9.17) is 0 Å². The third-order valence-electron chi connectivity index (χ3n) is 2.93. The first-order chi connectivity index (χ1) is 7.36. The van der Waals surface area contributed by atoms with E-state index in [1.54, 1.807) is 0 Å². The second kappa shape index (κ2) is 7.47. The average Bonchev–Trinajstić information content (AvgIpc) is 2.31. The van der Waals surface area contributed by atoms with Crippen molar-refractivity contribution in [2.75, 3.05) is 19.6 Å². The van der Waals surface area contributed by atoms with Crippen LogP contribution in [-0.4, -0.2) is 24.5 Å². The summed E-state index contributed by atoms with van der Waals surface area (Å²) in [4.78, 5) is 2.49. The lowest BCUT2D eigenvalue weighted by molar-refractivity contribution is 0.297. The van der Waals surface area contributed by atoms with E-state index in [1.807, 2.05) is 0 Å². The molecular weight excluding hydrogens is 182 g/mol. The topological polar surface area (TPSA) is 3.24 Å². The zero-order valence-corrected chi connectivity index (χ0v) is 10.1. The number of rotatable bonds is 7. The van der Waals surface area contributed by atoms with Crippen LogP contribution in [0.15, 0.2) is 30.3 Å². The molecule has 1 rings (SSSR count). The molecule has 0 aliphatic heterocycles. The van der Waals surface area contributed by atoms with Gasteiger partial charge in [0.05, 0.1) is 0 Å². The van der Waals surface area contributed by atoms with Crippen molar-refractivity contribution in [3.05, 3.63) is 35.9 Å². The summed E-state index contributed by atoms with van der Waals surface area (Å²) < 4.78 is 0. The lowest BCUT2D eigenvalue weighted by Gasteiger charge is -2.17. The van der Waals surface area contributed by atoms with E-state index in [0.717, 1.165) is 0 Å². The maximum absolute atomic E-state index is 2.49. The van der Waals surface area contributed by atoms with Gasteiger partial charge in [-0.15, -0.1) is 0 Å². The molecular formula is C14H23N. The standard InChI is InChI=1S/C14H23N/c1-3-15(4-2)13-9-8-12-14-10-6-5-7-11-14/h5-7,10-11H,3-4,8-9,12-13H2,1-2H3. The summed E-state index contributed by atoms with van der Waals surface area (Å²) in [5, 5.41) is 0. The molecule has 0 aromatic heterocycles. The largest absolute Gasteiger partial charge is 0.304 e. The maximum atomic E-state index is 2.49. The molecule has 0 spiro atoms. The number of aryl methyl sites for hydroxylation is 1. The molecule has 15 heavy (non-hydrogen) atoms. The first kappa shape index (κ1) is 12.3. The van der Waals surface area contributed by atoms with Gasteiger partial charge in [0.25, 0.3) is 0 Å². The number of nitrogens with zero attached hydrogens (tertiary/aromatic N) is 1. The van der Waals surface area contributed by atoms with Crippen molar-refractivity contribution in [3.63, 3.8) is 0 Å². The lowest BCUT2D eigenvalue weighted by atomic mass is 10.1. The number of hydrogen-bond acceptors (Lipinski definition) is 1. The molecule has 0 aliphatic rings. The van der Waals surface area contributed by atoms with Gasteiger partial charge in [0.15, 0.2) is 0 Å². The van der Waals surface area contributed by atoms with Crippen LogP contribution in [-0.2, 0) is 6.42 Å². The zero-order valence-electron chi connectivity index (χ0n) is 10.1. The Morgan fingerprint density at radius 2 is 1.60 bits per heavy atom. The first-order valence-corrected chi connectivity index (χ1v) is 6.13. The van der Waals surface area contributed by atoms with Crippen LogP contribution >= 0.6 is 0 Å². The van der Waals surface area contributed by atoms with Crippen LogP contribution in [0.3, 0.4) is 0 Å². The van der Waals surface area contributed by atoms with E-state index in [0.29, 0.717) is 0 Å². The highest BCUT2D eigenvalue weighted by atomic mass is 15.1. The number of unbranched alkanes of at least 4 members (excludes halogenated alkanes) is 1. The summed E-state index contributed by atoms with van der Waals surface area (Å²) in [5.74, 6) is 0. The van der Waals surface area contributed by atoms with Gasteiger partial charge in [-0.1, -0.05) is 44.2 Å². The molecule has 1 aromatic rings. The van der Waals surface area contributed by atoms with E-state index >= 15 is 0 Å². The fourth-order valence-electron chi connectivity index (χ4n) is 1.85. The Morgan fingerprint density at radius 3 is 2.20 bits per heavy atom.